The summed E-state index contributed by atoms with van der Waals surface area (Å²) in [6.07, 6.45) is 8.29. The second-order valence-electron chi connectivity index (χ2n) is 5.60. The summed E-state index contributed by atoms with van der Waals surface area (Å²) in [5.74, 6) is 0.954. The van der Waals surface area contributed by atoms with Gasteiger partial charge < -0.3 is 10.6 Å². The van der Waals surface area contributed by atoms with Crippen LogP contribution in [0, 0.1) is 0 Å². The van der Waals surface area contributed by atoms with Gasteiger partial charge in [0.2, 0.25) is 0 Å². The Morgan fingerprint density at radius 2 is 2.05 bits per heavy atom. The van der Waals surface area contributed by atoms with Gasteiger partial charge in [-0.2, -0.15) is 11.8 Å². The van der Waals surface area contributed by atoms with Crippen molar-refractivity contribution in [1.29, 1.82) is 0 Å². The van der Waals surface area contributed by atoms with Crippen LogP contribution < -0.4 is 10.6 Å². The monoisotopic (exact) mass is 433 g/mol. The fourth-order valence-corrected chi connectivity index (χ4v) is 3.61. The molecule has 0 heterocycles. The van der Waals surface area contributed by atoms with Crippen LogP contribution in [0.3, 0.4) is 0 Å². The zero-order valence-corrected chi connectivity index (χ0v) is 16.7. The molecule has 0 spiro atoms. The average molecular weight is 433 g/mol. The van der Waals surface area contributed by atoms with Crippen LogP contribution in [-0.4, -0.2) is 37.1 Å². The van der Waals surface area contributed by atoms with Gasteiger partial charge in [0.15, 0.2) is 5.96 Å². The molecule has 0 saturated heterocycles. The molecule has 2 atom stereocenters. The molecule has 0 radical (unpaired) electrons. The predicted molar refractivity (Wildman–Crippen MR) is 110 cm³/mol. The van der Waals surface area contributed by atoms with Crippen LogP contribution in [0.2, 0.25) is 0 Å². The lowest BCUT2D eigenvalue weighted by molar-refractivity contribution is 0.611. The Morgan fingerprint density at radius 3 is 2.68 bits per heavy atom. The van der Waals surface area contributed by atoms with E-state index in [0.29, 0.717) is 6.04 Å². The number of guanidine groups is 1. The van der Waals surface area contributed by atoms with E-state index in [-0.39, 0.29) is 24.0 Å². The topological polar surface area (TPSA) is 36.4 Å². The summed E-state index contributed by atoms with van der Waals surface area (Å²) in [4.78, 5) is 4.33. The molecular weight excluding hydrogens is 405 g/mol. The van der Waals surface area contributed by atoms with Crippen LogP contribution in [0.25, 0.3) is 0 Å². The standard InChI is InChI=1S/C17H27N3S.HI/c1-18-17(20-15-10-11-16(13-15)21-2)19-12-6-9-14-7-4-3-5-8-14;/h3-5,7-8,15-16H,6,9-13H2,1-2H3,(H2,18,19,20);1H. The number of nitrogens with one attached hydrogen (secondary N) is 2. The molecule has 1 aliphatic carbocycles. The maximum absolute atomic E-state index is 4.33. The first-order chi connectivity index (χ1) is 10.3. The number of hydrogen-bond donors (Lipinski definition) is 2. The van der Waals surface area contributed by atoms with Crippen LogP contribution in [0.1, 0.15) is 31.2 Å². The predicted octanol–water partition coefficient (Wildman–Crippen LogP) is 3.69. The Balaban J connectivity index is 0.00000242. The van der Waals surface area contributed by atoms with Crippen molar-refractivity contribution < 1.29 is 0 Å². The molecule has 1 saturated carbocycles. The minimum atomic E-state index is 0. The quantitative estimate of drug-likeness (QED) is 0.311. The van der Waals surface area contributed by atoms with E-state index in [0.717, 1.165) is 30.6 Å². The number of nitrogens with zero attached hydrogens (tertiary/aromatic N) is 1. The molecule has 0 bridgehead atoms. The molecule has 1 fully saturated rings. The number of rotatable bonds is 6. The van der Waals surface area contributed by atoms with Crippen molar-refractivity contribution in [3.8, 4) is 0 Å². The number of benzene rings is 1. The first-order valence-corrected chi connectivity index (χ1v) is 9.14. The summed E-state index contributed by atoms with van der Waals surface area (Å²) in [5.41, 5.74) is 1.40. The van der Waals surface area contributed by atoms with Gasteiger partial charge in [0.25, 0.3) is 0 Å². The SMILES string of the molecule is CN=C(NCCCc1ccccc1)NC1CCC(SC)C1.I. The van der Waals surface area contributed by atoms with Crippen LogP contribution in [0.15, 0.2) is 35.3 Å². The van der Waals surface area contributed by atoms with Gasteiger partial charge in [0.05, 0.1) is 0 Å². The number of aliphatic imine (C=N–C) groups is 1. The van der Waals surface area contributed by atoms with E-state index in [1.807, 2.05) is 18.8 Å². The molecule has 2 unspecified atom stereocenters. The third kappa shape index (κ3) is 6.77. The Bertz CT molecular complexity index is 439. The highest BCUT2D eigenvalue weighted by Gasteiger charge is 2.24. The second-order valence-corrected chi connectivity index (χ2v) is 6.74. The summed E-state index contributed by atoms with van der Waals surface area (Å²) in [6, 6.07) is 11.2. The molecule has 5 heteroatoms. The number of thioether (sulfide) groups is 1. The summed E-state index contributed by atoms with van der Waals surface area (Å²) in [5, 5.41) is 7.80. The maximum atomic E-state index is 4.33. The highest BCUT2D eigenvalue weighted by Crippen LogP contribution is 2.27. The van der Waals surface area contributed by atoms with Gasteiger partial charge in [-0.3, -0.25) is 4.99 Å². The van der Waals surface area contributed by atoms with Crippen LogP contribution in [0.5, 0.6) is 0 Å². The van der Waals surface area contributed by atoms with E-state index in [1.54, 1.807) is 0 Å². The Kier molecular flexibility index (Phi) is 9.95. The van der Waals surface area contributed by atoms with E-state index in [1.165, 1.54) is 24.8 Å². The molecule has 1 aromatic rings. The summed E-state index contributed by atoms with van der Waals surface area (Å²) >= 11 is 1.99. The normalized spacial score (nSPS) is 21.3. The number of hydrogen-bond acceptors (Lipinski definition) is 2. The van der Waals surface area contributed by atoms with Crippen LogP contribution in [0.4, 0.5) is 0 Å². The summed E-state index contributed by atoms with van der Waals surface area (Å²) in [7, 11) is 1.85. The van der Waals surface area contributed by atoms with E-state index < -0.39 is 0 Å². The number of halogens is 1. The lowest BCUT2D eigenvalue weighted by atomic mass is 10.1. The van der Waals surface area contributed by atoms with Crippen LogP contribution in [-0.2, 0) is 6.42 Å². The third-order valence-corrected chi connectivity index (χ3v) is 5.15. The van der Waals surface area contributed by atoms with Gasteiger partial charge in [-0.25, -0.2) is 0 Å². The largest absolute Gasteiger partial charge is 0.356 e. The first-order valence-electron chi connectivity index (χ1n) is 7.85. The lowest BCUT2D eigenvalue weighted by Crippen LogP contribution is -2.42. The van der Waals surface area contributed by atoms with Gasteiger partial charge >= 0.3 is 0 Å². The second kappa shape index (κ2) is 11.2. The average Bonchev–Trinajstić information content (AvgIpc) is 2.99. The molecule has 2 N–H and O–H groups in total. The van der Waals surface area contributed by atoms with Gasteiger partial charge in [0, 0.05) is 24.9 Å². The molecule has 0 aliphatic heterocycles. The Hall–Kier alpha value is -0.430. The van der Waals surface area contributed by atoms with Crippen molar-refractivity contribution >= 4 is 41.7 Å². The third-order valence-electron chi connectivity index (χ3n) is 4.06. The van der Waals surface area contributed by atoms with Crippen molar-refractivity contribution in [2.75, 3.05) is 19.8 Å². The molecule has 1 aromatic carbocycles. The highest BCUT2D eigenvalue weighted by molar-refractivity contribution is 14.0. The van der Waals surface area contributed by atoms with Crippen molar-refractivity contribution in [2.24, 2.45) is 4.99 Å². The molecule has 22 heavy (non-hydrogen) atoms. The minimum absolute atomic E-state index is 0. The fraction of sp³-hybridized carbons (Fsp3) is 0.588. The molecule has 0 aromatic heterocycles. The summed E-state index contributed by atoms with van der Waals surface area (Å²) in [6.45, 7) is 0.966. The molecular formula is C17H28IN3S. The fourth-order valence-electron chi connectivity index (χ4n) is 2.82. The molecule has 0 amide bonds. The molecule has 3 nitrogen and oxygen atoms in total. The minimum Gasteiger partial charge on any atom is -0.356 e. The van der Waals surface area contributed by atoms with Crippen molar-refractivity contribution in [3.05, 3.63) is 35.9 Å². The summed E-state index contributed by atoms with van der Waals surface area (Å²) < 4.78 is 0. The number of aryl methyl sites for hydroxylation is 1. The lowest BCUT2D eigenvalue weighted by Gasteiger charge is -2.17. The van der Waals surface area contributed by atoms with Crippen LogP contribution >= 0.6 is 35.7 Å². The maximum Gasteiger partial charge on any atom is 0.191 e. The van der Waals surface area contributed by atoms with Gasteiger partial charge in [-0.15, -0.1) is 24.0 Å². The van der Waals surface area contributed by atoms with Gasteiger partial charge in [-0.1, -0.05) is 30.3 Å². The van der Waals surface area contributed by atoms with E-state index in [9.17, 15) is 0 Å². The molecule has 2 rings (SSSR count). The van der Waals surface area contributed by atoms with Crippen molar-refractivity contribution in [1.82, 2.24) is 10.6 Å². The highest BCUT2D eigenvalue weighted by atomic mass is 127. The van der Waals surface area contributed by atoms with E-state index in [2.05, 4.69) is 52.2 Å². The van der Waals surface area contributed by atoms with Gasteiger partial charge in [-0.05, 0) is 43.9 Å². The zero-order chi connectivity index (χ0) is 14.9. The van der Waals surface area contributed by atoms with E-state index in [4.69, 9.17) is 0 Å². The van der Waals surface area contributed by atoms with Gasteiger partial charge in [0.1, 0.15) is 0 Å². The first kappa shape index (κ1) is 19.6. The smallest absolute Gasteiger partial charge is 0.191 e. The van der Waals surface area contributed by atoms with E-state index >= 15 is 0 Å². The molecule has 124 valence electrons. The Morgan fingerprint density at radius 1 is 1.27 bits per heavy atom. The Labute approximate surface area is 156 Å². The van der Waals surface area contributed by atoms with Crippen molar-refractivity contribution in [3.63, 3.8) is 0 Å². The zero-order valence-electron chi connectivity index (χ0n) is 13.5. The molecule has 1 aliphatic rings. The van der Waals surface area contributed by atoms with Crippen molar-refractivity contribution in [2.45, 2.75) is 43.4 Å².